The van der Waals surface area contributed by atoms with Crippen molar-refractivity contribution in [1.82, 2.24) is 0 Å². The maximum atomic E-state index is 6.40. The summed E-state index contributed by atoms with van der Waals surface area (Å²) < 4.78 is 11.9. The van der Waals surface area contributed by atoms with Crippen molar-refractivity contribution in [3.05, 3.63) is 72.3 Å². The molecule has 0 N–H and O–H groups in total. The average Bonchev–Trinajstić information content (AvgIpc) is 2.74. The van der Waals surface area contributed by atoms with Gasteiger partial charge in [0, 0.05) is 5.41 Å². The van der Waals surface area contributed by atoms with Crippen LogP contribution in [0.1, 0.15) is 51.2 Å². The molecule has 2 atom stereocenters. The molecule has 2 aromatic rings. The van der Waals surface area contributed by atoms with E-state index < -0.39 is 0 Å². The van der Waals surface area contributed by atoms with E-state index in [1.165, 1.54) is 30.4 Å². The number of benzene rings is 2. The smallest absolute Gasteiger partial charge is 0.119 e. The summed E-state index contributed by atoms with van der Waals surface area (Å²) in [7, 11) is 0. The molecule has 0 radical (unpaired) electrons. The third kappa shape index (κ3) is 4.60. The number of hydrogen-bond donors (Lipinski definition) is 0. The fourth-order valence-electron chi connectivity index (χ4n) is 4.57. The Morgan fingerprint density at radius 2 is 1.46 bits per heavy atom. The molecule has 0 saturated heterocycles. The zero-order chi connectivity index (χ0) is 20.0. The van der Waals surface area contributed by atoms with Crippen LogP contribution in [-0.4, -0.2) is 12.7 Å². The molecule has 28 heavy (non-hydrogen) atoms. The molecule has 0 amide bonds. The molecule has 2 aromatic carbocycles. The monoisotopic (exact) mass is 378 g/mol. The zero-order valence-electron chi connectivity index (χ0n) is 17.6. The third-order valence-corrected chi connectivity index (χ3v) is 6.44. The Kier molecular flexibility index (Phi) is 6.83. The van der Waals surface area contributed by atoms with Crippen molar-refractivity contribution in [3.8, 4) is 11.5 Å². The molecule has 1 aliphatic rings. The van der Waals surface area contributed by atoms with Gasteiger partial charge < -0.3 is 9.47 Å². The van der Waals surface area contributed by atoms with Crippen LogP contribution in [0.4, 0.5) is 0 Å². The van der Waals surface area contributed by atoms with E-state index in [-0.39, 0.29) is 0 Å². The van der Waals surface area contributed by atoms with Crippen molar-refractivity contribution >= 4 is 0 Å². The molecule has 2 unspecified atom stereocenters. The van der Waals surface area contributed by atoms with Crippen LogP contribution in [0, 0.1) is 11.3 Å². The highest BCUT2D eigenvalue weighted by atomic mass is 16.5. The standard InChI is InChI=1S/C26H34O2/c1-5-18-27-23-14-10-21(11-15-23)8-9-22-12-16-24(17-13-22)28-25-20(4)19-26(25,6-2)7-3/h5,10-17,20,25H,1,6-9,18-19H2,2-4H3. The molecule has 0 bridgehead atoms. The van der Waals surface area contributed by atoms with E-state index in [2.05, 4.69) is 63.7 Å². The van der Waals surface area contributed by atoms with Crippen LogP contribution >= 0.6 is 0 Å². The molecule has 2 heteroatoms. The Morgan fingerprint density at radius 1 is 0.929 bits per heavy atom. The second-order valence-corrected chi connectivity index (χ2v) is 8.18. The lowest BCUT2D eigenvalue weighted by atomic mass is 9.57. The molecule has 3 rings (SSSR count). The van der Waals surface area contributed by atoms with Crippen molar-refractivity contribution in [2.45, 2.75) is 59.0 Å². The molecule has 1 aliphatic carbocycles. The second kappa shape index (κ2) is 9.32. The highest BCUT2D eigenvalue weighted by Crippen LogP contribution is 2.52. The van der Waals surface area contributed by atoms with Gasteiger partial charge >= 0.3 is 0 Å². The normalized spacial score (nSPS) is 20.2. The van der Waals surface area contributed by atoms with Gasteiger partial charge in [0.1, 0.15) is 24.2 Å². The van der Waals surface area contributed by atoms with E-state index in [0.29, 0.717) is 24.0 Å². The van der Waals surface area contributed by atoms with E-state index in [0.717, 1.165) is 24.3 Å². The summed E-state index contributed by atoms with van der Waals surface area (Å²) in [6, 6.07) is 17.0. The van der Waals surface area contributed by atoms with Crippen LogP contribution in [0.25, 0.3) is 0 Å². The third-order valence-electron chi connectivity index (χ3n) is 6.44. The molecule has 0 heterocycles. The fraction of sp³-hybridized carbons (Fsp3) is 0.462. The van der Waals surface area contributed by atoms with Gasteiger partial charge in [-0.1, -0.05) is 57.7 Å². The molecule has 1 saturated carbocycles. The van der Waals surface area contributed by atoms with Crippen LogP contribution in [0.2, 0.25) is 0 Å². The van der Waals surface area contributed by atoms with Crippen molar-refractivity contribution in [3.63, 3.8) is 0 Å². The number of rotatable bonds is 10. The second-order valence-electron chi connectivity index (χ2n) is 8.18. The van der Waals surface area contributed by atoms with Gasteiger partial charge in [-0.2, -0.15) is 0 Å². The van der Waals surface area contributed by atoms with Crippen molar-refractivity contribution in [2.24, 2.45) is 11.3 Å². The van der Waals surface area contributed by atoms with E-state index in [1.54, 1.807) is 6.08 Å². The number of aryl methyl sites for hydroxylation is 2. The molecular formula is C26H34O2. The van der Waals surface area contributed by atoms with Crippen molar-refractivity contribution < 1.29 is 9.47 Å². The number of ether oxygens (including phenoxy) is 2. The predicted octanol–water partition coefficient (Wildman–Crippen LogP) is 6.63. The van der Waals surface area contributed by atoms with E-state index in [9.17, 15) is 0 Å². The van der Waals surface area contributed by atoms with E-state index in [1.807, 2.05) is 12.1 Å². The first-order chi connectivity index (χ1) is 13.6. The minimum atomic E-state index is 0.357. The van der Waals surface area contributed by atoms with Gasteiger partial charge in [-0.15, -0.1) is 0 Å². The molecule has 0 aromatic heterocycles. The van der Waals surface area contributed by atoms with Crippen LogP contribution < -0.4 is 9.47 Å². The average molecular weight is 379 g/mol. The van der Waals surface area contributed by atoms with E-state index >= 15 is 0 Å². The summed E-state index contributed by atoms with van der Waals surface area (Å²) in [4.78, 5) is 0. The molecule has 0 aliphatic heterocycles. The summed E-state index contributed by atoms with van der Waals surface area (Å²) >= 11 is 0. The largest absolute Gasteiger partial charge is 0.490 e. The molecule has 150 valence electrons. The molecule has 2 nitrogen and oxygen atoms in total. The summed E-state index contributed by atoms with van der Waals surface area (Å²) in [5.74, 6) is 2.55. The Labute approximate surface area is 170 Å². The highest BCUT2D eigenvalue weighted by molar-refractivity contribution is 5.31. The first kappa shape index (κ1) is 20.5. The summed E-state index contributed by atoms with van der Waals surface area (Å²) in [6.07, 6.45) is 7.87. The quantitative estimate of drug-likeness (QED) is 0.432. The van der Waals surface area contributed by atoms with Crippen LogP contribution in [0.15, 0.2) is 61.2 Å². The Bertz CT molecular complexity index is 741. The Morgan fingerprint density at radius 3 is 1.93 bits per heavy atom. The van der Waals surface area contributed by atoms with Gasteiger partial charge in [0.25, 0.3) is 0 Å². The fourth-order valence-corrected chi connectivity index (χ4v) is 4.57. The Balaban J connectivity index is 1.52. The van der Waals surface area contributed by atoms with Crippen LogP contribution in [0.3, 0.4) is 0 Å². The van der Waals surface area contributed by atoms with Gasteiger partial charge in [-0.25, -0.2) is 0 Å². The van der Waals surface area contributed by atoms with Gasteiger partial charge in [0.15, 0.2) is 0 Å². The first-order valence-electron chi connectivity index (χ1n) is 10.7. The minimum Gasteiger partial charge on any atom is -0.490 e. The zero-order valence-corrected chi connectivity index (χ0v) is 17.6. The minimum absolute atomic E-state index is 0.357. The lowest BCUT2D eigenvalue weighted by Crippen LogP contribution is -2.54. The van der Waals surface area contributed by atoms with Crippen molar-refractivity contribution in [2.75, 3.05) is 6.61 Å². The van der Waals surface area contributed by atoms with Gasteiger partial charge in [-0.05, 0) is 73.4 Å². The first-order valence-corrected chi connectivity index (χ1v) is 10.7. The van der Waals surface area contributed by atoms with E-state index in [4.69, 9.17) is 9.47 Å². The molecule has 1 fully saturated rings. The van der Waals surface area contributed by atoms with Crippen LogP contribution in [-0.2, 0) is 12.8 Å². The Hall–Kier alpha value is -2.22. The van der Waals surface area contributed by atoms with Gasteiger partial charge in [0.05, 0.1) is 0 Å². The lowest BCUT2D eigenvalue weighted by Gasteiger charge is -2.53. The maximum absolute atomic E-state index is 6.40. The SMILES string of the molecule is C=CCOc1ccc(CCc2ccc(OC3C(C)CC3(CC)CC)cc2)cc1. The lowest BCUT2D eigenvalue weighted by molar-refractivity contribution is -0.101. The van der Waals surface area contributed by atoms with Crippen LogP contribution in [0.5, 0.6) is 11.5 Å². The van der Waals surface area contributed by atoms with Gasteiger partial charge in [0.2, 0.25) is 0 Å². The molecular weight excluding hydrogens is 344 g/mol. The predicted molar refractivity (Wildman–Crippen MR) is 117 cm³/mol. The topological polar surface area (TPSA) is 18.5 Å². The number of hydrogen-bond acceptors (Lipinski definition) is 2. The van der Waals surface area contributed by atoms with Gasteiger partial charge in [-0.3, -0.25) is 0 Å². The summed E-state index contributed by atoms with van der Waals surface area (Å²) in [6.45, 7) is 11.1. The summed E-state index contributed by atoms with van der Waals surface area (Å²) in [5.41, 5.74) is 3.04. The highest BCUT2D eigenvalue weighted by Gasteiger charge is 2.51. The van der Waals surface area contributed by atoms with Crippen molar-refractivity contribution in [1.29, 1.82) is 0 Å². The molecule has 0 spiro atoms. The summed E-state index contributed by atoms with van der Waals surface area (Å²) in [5, 5.41) is 0. The maximum Gasteiger partial charge on any atom is 0.119 e.